The van der Waals surface area contributed by atoms with Crippen molar-refractivity contribution in [3.8, 4) is 11.8 Å². The summed E-state index contributed by atoms with van der Waals surface area (Å²) < 4.78 is 18.7. The summed E-state index contributed by atoms with van der Waals surface area (Å²) in [5.74, 6) is 1.12. The predicted molar refractivity (Wildman–Crippen MR) is 110 cm³/mol. The summed E-state index contributed by atoms with van der Waals surface area (Å²) in [4.78, 5) is 16.1. The van der Waals surface area contributed by atoms with Crippen molar-refractivity contribution in [3.63, 3.8) is 0 Å². The highest BCUT2D eigenvalue weighted by Gasteiger charge is 2.12. The van der Waals surface area contributed by atoms with Crippen molar-refractivity contribution in [1.82, 2.24) is 15.0 Å². The SMILES string of the molecule is COc1ccc(Sc2nc(Nc3cccc(F)c3)nc(N(C)CCC#N)n2)cc1. The van der Waals surface area contributed by atoms with E-state index < -0.39 is 0 Å². The van der Waals surface area contributed by atoms with Crippen LogP contribution in [0.2, 0.25) is 0 Å². The Balaban J connectivity index is 1.89. The first kappa shape index (κ1) is 20.4. The molecule has 7 nitrogen and oxygen atoms in total. The van der Waals surface area contributed by atoms with Gasteiger partial charge in [0.15, 0.2) is 5.16 Å². The number of methoxy groups -OCH3 is 1. The molecule has 2 aromatic carbocycles. The molecule has 0 fully saturated rings. The molecule has 1 N–H and O–H groups in total. The average Bonchev–Trinajstić information content (AvgIpc) is 2.72. The largest absolute Gasteiger partial charge is 0.497 e. The van der Waals surface area contributed by atoms with Gasteiger partial charge in [0.2, 0.25) is 11.9 Å². The van der Waals surface area contributed by atoms with E-state index in [1.54, 1.807) is 31.2 Å². The minimum Gasteiger partial charge on any atom is -0.497 e. The third kappa shape index (κ3) is 5.80. The predicted octanol–water partition coefficient (Wildman–Crippen LogP) is 4.26. The van der Waals surface area contributed by atoms with Gasteiger partial charge in [0.25, 0.3) is 0 Å². The van der Waals surface area contributed by atoms with Crippen LogP contribution in [0.3, 0.4) is 0 Å². The first-order valence-corrected chi connectivity index (χ1v) is 9.57. The Morgan fingerprint density at radius 2 is 1.97 bits per heavy atom. The number of nitriles is 1. The van der Waals surface area contributed by atoms with Gasteiger partial charge >= 0.3 is 0 Å². The molecule has 148 valence electrons. The maximum atomic E-state index is 13.5. The maximum Gasteiger partial charge on any atom is 0.233 e. The van der Waals surface area contributed by atoms with Crippen molar-refractivity contribution in [2.75, 3.05) is 30.9 Å². The van der Waals surface area contributed by atoms with E-state index in [-0.39, 0.29) is 5.82 Å². The van der Waals surface area contributed by atoms with E-state index in [0.29, 0.717) is 35.7 Å². The van der Waals surface area contributed by atoms with Crippen LogP contribution in [0, 0.1) is 17.1 Å². The quantitative estimate of drug-likeness (QED) is 0.589. The molecule has 1 aromatic heterocycles. The Bertz CT molecular complexity index is 1010. The molecule has 0 amide bonds. The smallest absolute Gasteiger partial charge is 0.233 e. The van der Waals surface area contributed by atoms with Gasteiger partial charge in [-0.05, 0) is 54.2 Å². The van der Waals surface area contributed by atoms with E-state index in [1.165, 1.54) is 23.9 Å². The van der Waals surface area contributed by atoms with Gasteiger partial charge < -0.3 is 15.0 Å². The van der Waals surface area contributed by atoms with Crippen molar-refractivity contribution in [3.05, 3.63) is 54.3 Å². The number of benzene rings is 2. The molecule has 0 bridgehead atoms. The van der Waals surface area contributed by atoms with Crippen LogP contribution in [0.5, 0.6) is 5.75 Å². The number of nitrogens with one attached hydrogen (secondary N) is 1. The Hall–Kier alpha value is -3.38. The number of rotatable bonds is 8. The van der Waals surface area contributed by atoms with E-state index in [1.807, 2.05) is 24.3 Å². The molecule has 0 atom stereocenters. The molecule has 3 aromatic rings. The number of ether oxygens (including phenoxy) is 1. The fraction of sp³-hybridized carbons (Fsp3) is 0.200. The number of hydrogen-bond acceptors (Lipinski definition) is 8. The summed E-state index contributed by atoms with van der Waals surface area (Å²) in [6, 6.07) is 15.7. The van der Waals surface area contributed by atoms with E-state index >= 15 is 0 Å². The lowest BCUT2D eigenvalue weighted by atomic mass is 10.3. The maximum absolute atomic E-state index is 13.5. The topological polar surface area (TPSA) is 87.0 Å². The van der Waals surface area contributed by atoms with Crippen molar-refractivity contribution in [2.24, 2.45) is 0 Å². The Labute approximate surface area is 172 Å². The standard InChI is InChI=1S/C20H19FN6OS/c1-27(12-4-11-22)19-24-18(23-15-6-3-5-14(21)13-15)25-20(26-19)29-17-9-7-16(28-2)8-10-17/h3,5-10,13H,4,12H2,1-2H3,(H,23,24,25,26). The van der Waals surface area contributed by atoms with Crippen molar-refractivity contribution < 1.29 is 9.13 Å². The molecular weight excluding hydrogens is 391 g/mol. The fourth-order valence-corrected chi connectivity index (χ4v) is 3.12. The number of anilines is 3. The Morgan fingerprint density at radius 3 is 2.66 bits per heavy atom. The Kier molecular flexibility index (Phi) is 6.81. The van der Waals surface area contributed by atoms with Crippen LogP contribution in [0.25, 0.3) is 0 Å². The normalized spacial score (nSPS) is 10.3. The molecule has 0 saturated heterocycles. The number of halogens is 1. The van der Waals surface area contributed by atoms with Crippen molar-refractivity contribution in [2.45, 2.75) is 16.5 Å². The van der Waals surface area contributed by atoms with Crippen molar-refractivity contribution in [1.29, 1.82) is 5.26 Å². The molecule has 0 aliphatic rings. The Morgan fingerprint density at radius 1 is 1.17 bits per heavy atom. The van der Waals surface area contributed by atoms with Gasteiger partial charge in [0.05, 0.1) is 19.6 Å². The summed E-state index contributed by atoms with van der Waals surface area (Å²) >= 11 is 1.37. The summed E-state index contributed by atoms with van der Waals surface area (Å²) in [5, 5.41) is 12.3. The summed E-state index contributed by atoms with van der Waals surface area (Å²) in [5.41, 5.74) is 0.530. The van der Waals surface area contributed by atoms with Crippen LogP contribution in [0.4, 0.5) is 22.0 Å². The molecule has 0 spiro atoms. The second-order valence-corrected chi connectivity index (χ2v) is 7.02. The van der Waals surface area contributed by atoms with E-state index in [2.05, 4.69) is 26.3 Å². The average molecular weight is 410 g/mol. The zero-order valence-corrected chi connectivity index (χ0v) is 16.8. The molecule has 0 saturated carbocycles. The molecule has 1 heterocycles. The zero-order valence-electron chi connectivity index (χ0n) is 16.0. The number of aromatic nitrogens is 3. The summed E-state index contributed by atoms with van der Waals surface area (Å²) in [7, 11) is 3.42. The van der Waals surface area contributed by atoms with Gasteiger partial charge in [-0.25, -0.2) is 4.39 Å². The molecule has 3 rings (SSSR count). The molecule has 0 radical (unpaired) electrons. The van der Waals surface area contributed by atoms with E-state index in [0.717, 1.165) is 10.6 Å². The van der Waals surface area contributed by atoms with Crippen molar-refractivity contribution >= 4 is 29.3 Å². The van der Waals surface area contributed by atoms with Gasteiger partial charge in [-0.1, -0.05) is 6.07 Å². The molecule has 0 aliphatic heterocycles. The van der Waals surface area contributed by atoms with Gasteiger partial charge in [-0.2, -0.15) is 20.2 Å². The van der Waals surface area contributed by atoms with Crippen LogP contribution in [0.15, 0.2) is 58.6 Å². The first-order chi connectivity index (χ1) is 14.1. The molecule has 0 aliphatic carbocycles. The van der Waals surface area contributed by atoms with Gasteiger partial charge in [0, 0.05) is 24.2 Å². The summed E-state index contributed by atoms with van der Waals surface area (Å²) in [6.45, 7) is 0.479. The monoisotopic (exact) mass is 410 g/mol. The highest BCUT2D eigenvalue weighted by atomic mass is 32.2. The van der Waals surface area contributed by atoms with Gasteiger partial charge in [0.1, 0.15) is 11.6 Å². The minimum absolute atomic E-state index is 0.292. The second kappa shape index (κ2) is 9.71. The summed E-state index contributed by atoms with van der Waals surface area (Å²) in [6.07, 6.45) is 0.343. The van der Waals surface area contributed by atoms with Crippen LogP contribution >= 0.6 is 11.8 Å². The lowest BCUT2D eigenvalue weighted by molar-refractivity contribution is 0.414. The van der Waals surface area contributed by atoms with Crippen LogP contribution in [-0.4, -0.2) is 35.7 Å². The first-order valence-electron chi connectivity index (χ1n) is 8.76. The van der Waals surface area contributed by atoms with Crippen LogP contribution < -0.4 is 15.0 Å². The number of nitrogens with zero attached hydrogens (tertiary/aromatic N) is 5. The highest BCUT2D eigenvalue weighted by Crippen LogP contribution is 2.28. The molecule has 0 unspecified atom stereocenters. The highest BCUT2D eigenvalue weighted by molar-refractivity contribution is 7.99. The molecular formula is C20H19FN6OS. The fourth-order valence-electron chi connectivity index (χ4n) is 2.38. The molecule has 9 heteroatoms. The lowest BCUT2D eigenvalue weighted by Gasteiger charge is -2.17. The molecule has 29 heavy (non-hydrogen) atoms. The van der Waals surface area contributed by atoms with Crippen LogP contribution in [-0.2, 0) is 0 Å². The lowest BCUT2D eigenvalue weighted by Crippen LogP contribution is -2.21. The minimum atomic E-state index is -0.358. The van der Waals surface area contributed by atoms with E-state index in [9.17, 15) is 4.39 Å². The second-order valence-electron chi connectivity index (χ2n) is 5.98. The van der Waals surface area contributed by atoms with E-state index in [4.69, 9.17) is 10.00 Å². The zero-order chi connectivity index (χ0) is 20.6. The third-order valence-electron chi connectivity index (χ3n) is 3.85. The number of hydrogen-bond donors (Lipinski definition) is 1. The van der Waals surface area contributed by atoms with Gasteiger partial charge in [-0.3, -0.25) is 0 Å². The van der Waals surface area contributed by atoms with Crippen LogP contribution in [0.1, 0.15) is 6.42 Å². The van der Waals surface area contributed by atoms with Gasteiger partial charge in [-0.15, -0.1) is 0 Å². The third-order valence-corrected chi connectivity index (χ3v) is 4.73.